The largest absolute Gasteiger partial charge is 0.323 e. The normalized spacial score (nSPS) is 20.9. The van der Waals surface area contributed by atoms with Crippen LogP contribution in [0.5, 0.6) is 0 Å². The van der Waals surface area contributed by atoms with Crippen LogP contribution in [0.15, 0.2) is 47.4 Å². The maximum absolute atomic E-state index is 13.4. The van der Waals surface area contributed by atoms with Gasteiger partial charge in [-0.25, -0.2) is 12.8 Å². The van der Waals surface area contributed by atoms with E-state index in [0.29, 0.717) is 49.6 Å². The third kappa shape index (κ3) is 4.92. The topological polar surface area (TPSA) is 79.2 Å². The zero-order chi connectivity index (χ0) is 24.5. The maximum atomic E-state index is 13.4. The van der Waals surface area contributed by atoms with Crippen molar-refractivity contribution in [1.82, 2.24) is 9.21 Å². The number of nitrogens with one attached hydrogen (secondary N) is 1. The Balaban J connectivity index is 1.47. The SMILES string of the molecule is Cc1ccc(C)c(S(=O)(=O)N2CC[NH+]([C@H]3CCCCN(C(=O)c4ccc(F)cc4)C3=O)CC2)c1. The Bertz CT molecular complexity index is 1180. The summed E-state index contributed by atoms with van der Waals surface area (Å²) < 4.78 is 41.3. The minimum absolute atomic E-state index is 0.229. The Labute approximate surface area is 200 Å². The molecule has 34 heavy (non-hydrogen) atoms. The van der Waals surface area contributed by atoms with Gasteiger partial charge in [0.05, 0.1) is 31.1 Å². The Kier molecular flexibility index (Phi) is 7.16. The minimum atomic E-state index is -3.61. The third-order valence-corrected chi connectivity index (χ3v) is 8.88. The van der Waals surface area contributed by atoms with Gasteiger partial charge in [0.2, 0.25) is 10.0 Å². The van der Waals surface area contributed by atoms with Crippen LogP contribution < -0.4 is 4.90 Å². The molecule has 0 saturated carbocycles. The van der Waals surface area contributed by atoms with Gasteiger partial charge in [0, 0.05) is 18.5 Å². The van der Waals surface area contributed by atoms with Gasteiger partial charge in [-0.05, 0) is 68.1 Å². The number of imide groups is 1. The number of sulfonamides is 1. The molecule has 0 radical (unpaired) electrons. The molecule has 2 aromatic rings. The number of rotatable bonds is 4. The van der Waals surface area contributed by atoms with E-state index in [1.54, 1.807) is 13.0 Å². The summed E-state index contributed by atoms with van der Waals surface area (Å²) in [5, 5.41) is 0. The Morgan fingerprint density at radius 1 is 1.00 bits per heavy atom. The highest BCUT2D eigenvalue weighted by molar-refractivity contribution is 7.89. The number of carbonyl (C=O) groups excluding carboxylic acids is 2. The molecule has 0 aromatic heterocycles. The number of likely N-dealkylation sites (tertiary alicyclic amines) is 1. The van der Waals surface area contributed by atoms with Gasteiger partial charge < -0.3 is 4.90 Å². The maximum Gasteiger partial charge on any atom is 0.287 e. The molecule has 2 aliphatic rings. The van der Waals surface area contributed by atoms with Crippen molar-refractivity contribution in [2.75, 3.05) is 32.7 Å². The summed E-state index contributed by atoms with van der Waals surface area (Å²) in [4.78, 5) is 29.0. The molecule has 2 heterocycles. The second kappa shape index (κ2) is 9.93. The number of aryl methyl sites for hydroxylation is 2. The van der Waals surface area contributed by atoms with Crippen molar-refractivity contribution in [3.05, 3.63) is 65.0 Å². The van der Waals surface area contributed by atoms with Crippen molar-refractivity contribution in [2.24, 2.45) is 0 Å². The van der Waals surface area contributed by atoms with Crippen LogP contribution in [0, 0.1) is 19.7 Å². The highest BCUT2D eigenvalue weighted by Crippen LogP contribution is 2.22. The molecule has 2 aliphatic heterocycles. The standard InChI is InChI=1S/C25H30FN3O4S/c1-18-6-7-19(2)23(17-18)34(32,33)28-15-13-27(14-16-28)22-5-3-4-12-29(25(22)31)24(30)20-8-10-21(26)11-9-20/h6-11,17,22H,3-5,12-16H2,1-2H3/p+1/t22-/m0/s1. The van der Waals surface area contributed by atoms with Crippen molar-refractivity contribution < 1.29 is 27.3 Å². The van der Waals surface area contributed by atoms with Crippen LogP contribution in [0.1, 0.15) is 40.7 Å². The summed E-state index contributed by atoms with van der Waals surface area (Å²) in [5.41, 5.74) is 1.90. The Morgan fingerprint density at radius 2 is 1.68 bits per heavy atom. The molecule has 0 spiro atoms. The van der Waals surface area contributed by atoms with E-state index in [0.717, 1.165) is 23.3 Å². The van der Waals surface area contributed by atoms with Crippen LogP contribution in [0.3, 0.4) is 0 Å². The number of quaternary nitrogens is 1. The molecule has 4 rings (SSSR count). The van der Waals surface area contributed by atoms with E-state index in [1.807, 2.05) is 19.1 Å². The summed E-state index contributed by atoms with van der Waals surface area (Å²) in [5.74, 6) is -1.07. The van der Waals surface area contributed by atoms with Gasteiger partial charge >= 0.3 is 0 Å². The molecule has 0 aliphatic carbocycles. The van der Waals surface area contributed by atoms with Gasteiger partial charge in [0.1, 0.15) is 5.82 Å². The summed E-state index contributed by atoms with van der Waals surface area (Å²) in [7, 11) is -3.61. The summed E-state index contributed by atoms with van der Waals surface area (Å²) in [6, 6.07) is 10.3. The smallest absolute Gasteiger partial charge is 0.287 e. The number of halogens is 1. The average Bonchev–Trinajstić information content (AvgIpc) is 3.02. The monoisotopic (exact) mass is 488 g/mol. The first-order valence-corrected chi connectivity index (χ1v) is 13.2. The van der Waals surface area contributed by atoms with Gasteiger partial charge in [-0.15, -0.1) is 0 Å². The fraction of sp³-hybridized carbons (Fsp3) is 0.440. The second-order valence-corrected chi connectivity index (χ2v) is 11.1. The van der Waals surface area contributed by atoms with E-state index in [2.05, 4.69) is 0 Å². The van der Waals surface area contributed by atoms with Crippen molar-refractivity contribution in [3.8, 4) is 0 Å². The molecule has 1 atom stereocenters. The molecule has 0 unspecified atom stereocenters. The molecule has 9 heteroatoms. The molecule has 0 bridgehead atoms. The molecule has 7 nitrogen and oxygen atoms in total. The molecule has 2 aromatic carbocycles. The van der Waals surface area contributed by atoms with E-state index in [9.17, 15) is 22.4 Å². The van der Waals surface area contributed by atoms with Gasteiger partial charge in [-0.3, -0.25) is 14.5 Å². The third-order valence-electron chi connectivity index (χ3n) is 6.84. The fourth-order valence-electron chi connectivity index (χ4n) is 4.86. The number of carbonyl (C=O) groups is 2. The predicted molar refractivity (Wildman–Crippen MR) is 125 cm³/mol. The molecule has 2 amide bonds. The van der Waals surface area contributed by atoms with Gasteiger partial charge in [0.25, 0.3) is 11.8 Å². The number of hydrogen-bond acceptors (Lipinski definition) is 4. The van der Waals surface area contributed by atoms with Gasteiger partial charge in [-0.2, -0.15) is 4.31 Å². The second-order valence-electron chi connectivity index (χ2n) is 9.18. The van der Waals surface area contributed by atoms with Crippen LogP contribution in [-0.4, -0.2) is 68.2 Å². The van der Waals surface area contributed by atoms with Gasteiger partial charge in [0.15, 0.2) is 6.04 Å². The molecular formula is C25H31FN3O4S+. The Morgan fingerprint density at radius 3 is 2.35 bits per heavy atom. The first-order chi connectivity index (χ1) is 16.2. The number of amides is 2. The Hall–Kier alpha value is -2.62. The molecular weight excluding hydrogens is 457 g/mol. The lowest BCUT2D eigenvalue weighted by molar-refractivity contribution is -0.920. The fourth-order valence-corrected chi connectivity index (χ4v) is 6.61. The van der Waals surface area contributed by atoms with E-state index in [1.165, 1.54) is 33.5 Å². The lowest BCUT2D eigenvalue weighted by Crippen LogP contribution is -3.19. The van der Waals surface area contributed by atoms with E-state index in [-0.39, 0.29) is 11.5 Å². The molecule has 2 fully saturated rings. The van der Waals surface area contributed by atoms with Crippen LogP contribution in [0.2, 0.25) is 0 Å². The van der Waals surface area contributed by atoms with Crippen molar-refractivity contribution in [2.45, 2.75) is 44.0 Å². The number of benzene rings is 2. The highest BCUT2D eigenvalue weighted by Gasteiger charge is 2.41. The first-order valence-electron chi connectivity index (χ1n) is 11.7. The number of hydrogen-bond donors (Lipinski definition) is 1. The zero-order valence-electron chi connectivity index (χ0n) is 19.6. The minimum Gasteiger partial charge on any atom is -0.323 e. The van der Waals surface area contributed by atoms with E-state index in [4.69, 9.17) is 0 Å². The van der Waals surface area contributed by atoms with Crippen LogP contribution >= 0.6 is 0 Å². The molecule has 2 saturated heterocycles. The summed E-state index contributed by atoms with van der Waals surface area (Å²) in [6.45, 7) is 5.65. The quantitative estimate of drug-likeness (QED) is 0.663. The van der Waals surface area contributed by atoms with Crippen LogP contribution in [0.25, 0.3) is 0 Å². The van der Waals surface area contributed by atoms with Gasteiger partial charge in [-0.1, -0.05) is 12.1 Å². The van der Waals surface area contributed by atoms with Crippen molar-refractivity contribution >= 4 is 21.8 Å². The van der Waals surface area contributed by atoms with Crippen molar-refractivity contribution in [3.63, 3.8) is 0 Å². The lowest BCUT2D eigenvalue weighted by Gasteiger charge is -2.36. The summed E-state index contributed by atoms with van der Waals surface area (Å²) in [6.07, 6.45) is 2.19. The lowest BCUT2D eigenvalue weighted by atomic mass is 10.1. The summed E-state index contributed by atoms with van der Waals surface area (Å²) >= 11 is 0. The zero-order valence-corrected chi connectivity index (χ0v) is 20.4. The van der Waals surface area contributed by atoms with E-state index < -0.39 is 27.8 Å². The van der Waals surface area contributed by atoms with Crippen molar-refractivity contribution in [1.29, 1.82) is 0 Å². The first kappa shape index (κ1) is 24.5. The van der Waals surface area contributed by atoms with Crippen LogP contribution in [-0.2, 0) is 14.8 Å². The number of nitrogens with zero attached hydrogens (tertiary/aromatic N) is 2. The van der Waals surface area contributed by atoms with Crippen LogP contribution in [0.4, 0.5) is 4.39 Å². The number of piperazine rings is 1. The predicted octanol–water partition coefficient (Wildman–Crippen LogP) is 1.55. The van der Waals surface area contributed by atoms with E-state index >= 15 is 0 Å². The average molecular weight is 489 g/mol. The molecule has 182 valence electrons. The molecule has 1 N–H and O–H groups in total. The highest BCUT2D eigenvalue weighted by atomic mass is 32.2.